The Labute approximate surface area is 140 Å². The number of nitrogens with one attached hydrogen (secondary N) is 1. The van der Waals surface area contributed by atoms with Gasteiger partial charge in [-0.1, -0.05) is 29.3 Å². The van der Waals surface area contributed by atoms with Gasteiger partial charge in [-0.25, -0.2) is 4.39 Å². The molecule has 0 radical (unpaired) electrons. The first kappa shape index (κ1) is 16.1. The second-order valence-electron chi connectivity index (χ2n) is 4.61. The summed E-state index contributed by atoms with van der Waals surface area (Å²) in [6.45, 7) is 1.68. The highest BCUT2D eigenvalue weighted by Gasteiger charge is 2.29. The van der Waals surface area contributed by atoms with Gasteiger partial charge >= 0.3 is 0 Å². The van der Waals surface area contributed by atoms with Gasteiger partial charge in [0.05, 0.1) is 16.1 Å². The number of nitrogens with zero attached hydrogens (tertiary/aromatic N) is 1. The topological polar surface area (TPSA) is 35.8 Å². The molecule has 108 valence electrons. The maximum absolute atomic E-state index is 13.2. The Hall–Kier alpha value is -1.28. The van der Waals surface area contributed by atoms with E-state index in [0.717, 1.165) is 0 Å². The molecule has 1 N–H and O–H groups in total. The Morgan fingerprint density at radius 3 is 2.48 bits per heavy atom. The Morgan fingerprint density at radius 1 is 1.19 bits per heavy atom. The van der Waals surface area contributed by atoms with Gasteiger partial charge in [0.1, 0.15) is 11.4 Å². The van der Waals surface area contributed by atoms with E-state index in [1.807, 2.05) is 0 Å². The van der Waals surface area contributed by atoms with Crippen molar-refractivity contribution in [2.45, 2.75) is 12.5 Å². The molecular weight excluding hydrogens is 378 g/mol. The Kier molecular flexibility index (Phi) is 4.77. The fourth-order valence-electron chi connectivity index (χ4n) is 1.91. The van der Waals surface area contributed by atoms with Gasteiger partial charge in [-0.15, -0.1) is 0 Å². The number of halogens is 4. The third-order valence-electron chi connectivity index (χ3n) is 3.01. The second kappa shape index (κ2) is 6.23. The first-order valence-electron chi connectivity index (χ1n) is 5.96. The molecular formula is C15H10BrCl2FN2. The van der Waals surface area contributed by atoms with Crippen molar-refractivity contribution in [3.8, 4) is 6.07 Å². The van der Waals surface area contributed by atoms with E-state index in [9.17, 15) is 9.65 Å². The second-order valence-corrected chi connectivity index (χ2v) is 6.28. The lowest BCUT2D eigenvalue weighted by atomic mass is 9.93. The van der Waals surface area contributed by atoms with Crippen molar-refractivity contribution >= 4 is 44.8 Å². The van der Waals surface area contributed by atoms with Gasteiger partial charge in [0.2, 0.25) is 0 Å². The van der Waals surface area contributed by atoms with Crippen LogP contribution in [-0.2, 0) is 5.54 Å². The van der Waals surface area contributed by atoms with Crippen LogP contribution in [0.2, 0.25) is 10.0 Å². The lowest BCUT2D eigenvalue weighted by Gasteiger charge is -2.26. The number of hydrogen-bond donors (Lipinski definition) is 1. The van der Waals surface area contributed by atoms with Crippen molar-refractivity contribution in [1.82, 2.24) is 0 Å². The highest BCUT2D eigenvalue weighted by molar-refractivity contribution is 9.10. The number of anilines is 1. The molecule has 2 aromatic carbocycles. The molecule has 0 saturated heterocycles. The molecule has 21 heavy (non-hydrogen) atoms. The lowest BCUT2D eigenvalue weighted by molar-refractivity contribution is 0.623. The number of hydrogen-bond acceptors (Lipinski definition) is 2. The highest BCUT2D eigenvalue weighted by Crippen LogP contribution is 2.33. The summed E-state index contributed by atoms with van der Waals surface area (Å²) in [6, 6.07) is 11.3. The van der Waals surface area contributed by atoms with Crippen LogP contribution in [0.3, 0.4) is 0 Å². The number of benzene rings is 2. The molecule has 0 aromatic heterocycles. The summed E-state index contributed by atoms with van der Waals surface area (Å²) in [5.74, 6) is -0.446. The zero-order chi connectivity index (χ0) is 15.6. The Balaban J connectivity index is 2.41. The largest absolute Gasteiger partial charge is 0.364 e. The van der Waals surface area contributed by atoms with Crippen LogP contribution in [-0.4, -0.2) is 0 Å². The molecule has 0 aliphatic heterocycles. The zero-order valence-corrected chi connectivity index (χ0v) is 14.0. The molecule has 0 fully saturated rings. The van der Waals surface area contributed by atoms with E-state index < -0.39 is 11.4 Å². The summed E-state index contributed by atoms with van der Waals surface area (Å²) < 4.78 is 13.9. The molecule has 2 aromatic rings. The van der Waals surface area contributed by atoms with E-state index in [0.29, 0.717) is 20.7 Å². The monoisotopic (exact) mass is 386 g/mol. The van der Waals surface area contributed by atoms with Crippen LogP contribution in [0.4, 0.5) is 10.1 Å². The summed E-state index contributed by atoms with van der Waals surface area (Å²) in [5, 5.41) is 13.4. The Morgan fingerprint density at radius 2 is 1.90 bits per heavy atom. The summed E-state index contributed by atoms with van der Waals surface area (Å²) >= 11 is 15.3. The molecule has 2 nitrogen and oxygen atoms in total. The molecule has 1 atom stereocenters. The van der Waals surface area contributed by atoms with Crippen LogP contribution < -0.4 is 5.32 Å². The predicted octanol–water partition coefficient (Wildman–Crippen LogP) is 5.75. The maximum Gasteiger partial charge on any atom is 0.149 e. The van der Waals surface area contributed by atoms with Crippen LogP contribution in [0.25, 0.3) is 0 Å². The molecule has 0 aliphatic rings. The van der Waals surface area contributed by atoms with Gasteiger partial charge in [-0.2, -0.15) is 5.26 Å². The molecule has 0 saturated carbocycles. The van der Waals surface area contributed by atoms with E-state index in [1.165, 1.54) is 18.2 Å². The van der Waals surface area contributed by atoms with Crippen molar-refractivity contribution in [3.63, 3.8) is 0 Å². The minimum Gasteiger partial charge on any atom is -0.364 e. The van der Waals surface area contributed by atoms with Gasteiger partial charge in [-0.3, -0.25) is 0 Å². The van der Waals surface area contributed by atoms with E-state index in [4.69, 9.17) is 23.2 Å². The van der Waals surface area contributed by atoms with Crippen molar-refractivity contribution in [1.29, 1.82) is 5.26 Å². The van der Waals surface area contributed by atoms with Crippen molar-refractivity contribution in [2.24, 2.45) is 0 Å². The fourth-order valence-corrected chi connectivity index (χ4v) is 2.77. The van der Waals surface area contributed by atoms with Crippen LogP contribution in [0.15, 0.2) is 40.9 Å². The summed E-state index contributed by atoms with van der Waals surface area (Å²) in [4.78, 5) is 0. The zero-order valence-electron chi connectivity index (χ0n) is 10.9. The fraction of sp³-hybridized carbons (Fsp3) is 0.133. The predicted molar refractivity (Wildman–Crippen MR) is 87.1 cm³/mol. The molecule has 2 rings (SSSR count). The number of nitriles is 1. The highest BCUT2D eigenvalue weighted by atomic mass is 79.9. The lowest BCUT2D eigenvalue weighted by Crippen LogP contribution is -2.30. The van der Waals surface area contributed by atoms with E-state index in [1.54, 1.807) is 25.1 Å². The SMILES string of the molecule is CC(C#N)(Nc1ccc(Cl)c(Br)c1)c1ccc(F)cc1Cl. The molecule has 0 bridgehead atoms. The summed E-state index contributed by atoms with van der Waals surface area (Å²) in [6.07, 6.45) is 0. The summed E-state index contributed by atoms with van der Waals surface area (Å²) in [5.41, 5.74) is 0.0905. The average molecular weight is 388 g/mol. The minimum atomic E-state index is -1.10. The van der Waals surface area contributed by atoms with Gasteiger partial charge < -0.3 is 5.32 Å². The Bertz CT molecular complexity index is 730. The first-order chi connectivity index (χ1) is 9.85. The normalized spacial score (nSPS) is 13.3. The van der Waals surface area contributed by atoms with Crippen LogP contribution >= 0.6 is 39.1 Å². The molecule has 6 heteroatoms. The number of rotatable bonds is 3. The van der Waals surface area contributed by atoms with E-state index in [2.05, 4.69) is 27.3 Å². The van der Waals surface area contributed by atoms with Crippen LogP contribution in [0, 0.1) is 17.1 Å². The van der Waals surface area contributed by atoms with E-state index in [-0.39, 0.29) is 5.02 Å². The van der Waals surface area contributed by atoms with Crippen LogP contribution in [0.5, 0.6) is 0 Å². The molecule has 0 aliphatic carbocycles. The maximum atomic E-state index is 13.2. The van der Waals surface area contributed by atoms with Gasteiger partial charge in [0, 0.05) is 15.7 Å². The van der Waals surface area contributed by atoms with Gasteiger partial charge in [0.25, 0.3) is 0 Å². The third-order valence-corrected chi connectivity index (χ3v) is 4.53. The van der Waals surface area contributed by atoms with Crippen molar-refractivity contribution in [3.05, 3.63) is 62.3 Å². The third kappa shape index (κ3) is 3.49. The average Bonchev–Trinajstić information content (AvgIpc) is 2.42. The summed E-state index contributed by atoms with van der Waals surface area (Å²) in [7, 11) is 0. The van der Waals surface area contributed by atoms with Crippen molar-refractivity contribution in [2.75, 3.05) is 5.32 Å². The quantitative estimate of drug-likeness (QED) is 0.728. The van der Waals surface area contributed by atoms with E-state index >= 15 is 0 Å². The first-order valence-corrected chi connectivity index (χ1v) is 7.50. The standard InChI is InChI=1S/C15H10BrCl2FN2/c1-15(8-20,11-4-2-9(19)6-14(11)18)21-10-3-5-13(17)12(16)7-10/h2-7,21H,1H3. The minimum absolute atomic E-state index is 0.194. The van der Waals surface area contributed by atoms with Gasteiger partial charge in [0.15, 0.2) is 0 Å². The molecule has 0 heterocycles. The van der Waals surface area contributed by atoms with Crippen LogP contribution in [0.1, 0.15) is 12.5 Å². The molecule has 0 spiro atoms. The smallest absolute Gasteiger partial charge is 0.149 e. The molecule has 0 amide bonds. The van der Waals surface area contributed by atoms with Crippen molar-refractivity contribution < 1.29 is 4.39 Å². The molecule has 1 unspecified atom stereocenters. The van der Waals surface area contributed by atoms with Gasteiger partial charge in [-0.05, 0) is 53.2 Å².